The third kappa shape index (κ3) is 4.14. The minimum Gasteiger partial charge on any atom is -0.378 e. The highest BCUT2D eigenvalue weighted by Crippen LogP contribution is 2.32. The lowest BCUT2D eigenvalue weighted by Crippen LogP contribution is -2.24. The lowest BCUT2D eigenvalue weighted by atomic mass is 9.96. The fraction of sp³-hybridized carbons (Fsp3) is 0.412. The molecular weight excluding hydrogens is 320 g/mol. The highest BCUT2D eigenvalue weighted by molar-refractivity contribution is 5.74. The third-order valence-corrected chi connectivity index (χ3v) is 4.31. The molecule has 1 heterocycles. The maximum absolute atomic E-state index is 11.4. The summed E-state index contributed by atoms with van der Waals surface area (Å²) in [5, 5.41) is 17.6. The van der Waals surface area contributed by atoms with Crippen LogP contribution in [0.1, 0.15) is 37.7 Å². The molecule has 1 aliphatic carbocycles. The molecule has 1 aromatic heterocycles. The summed E-state index contributed by atoms with van der Waals surface area (Å²) >= 11 is 0. The van der Waals surface area contributed by atoms with Gasteiger partial charge in [0.1, 0.15) is 0 Å². The van der Waals surface area contributed by atoms with Gasteiger partial charge in [-0.1, -0.05) is 31.4 Å². The molecule has 0 radical (unpaired) electrons. The molecule has 0 saturated heterocycles. The number of nitro groups is 1. The van der Waals surface area contributed by atoms with E-state index in [1.54, 1.807) is 0 Å². The van der Waals surface area contributed by atoms with E-state index in [9.17, 15) is 10.1 Å². The van der Waals surface area contributed by atoms with Crippen LogP contribution < -0.4 is 16.4 Å². The molecule has 0 atom stereocenters. The van der Waals surface area contributed by atoms with Crippen LogP contribution >= 0.6 is 0 Å². The van der Waals surface area contributed by atoms with Crippen LogP contribution in [-0.2, 0) is 0 Å². The van der Waals surface area contributed by atoms with Gasteiger partial charge in [0.25, 0.3) is 0 Å². The highest BCUT2D eigenvalue weighted by atomic mass is 16.6. The summed E-state index contributed by atoms with van der Waals surface area (Å²) in [6, 6.07) is 7.81. The van der Waals surface area contributed by atoms with Crippen molar-refractivity contribution in [1.29, 1.82) is 0 Å². The lowest BCUT2D eigenvalue weighted by molar-refractivity contribution is -0.383. The first-order valence-corrected chi connectivity index (χ1v) is 8.45. The van der Waals surface area contributed by atoms with Crippen molar-refractivity contribution in [2.45, 2.75) is 45.1 Å². The number of nitrogens with zero attached hydrogens (tertiary/aromatic N) is 3. The summed E-state index contributed by atoms with van der Waals surface area (Å²) in [6.07, 6.45) is 5.65. The van der Waals surface area contributed by atoms with Gasteiger partial charge in [-0.2, -0.15) is 9.97 Å². The fourth-order valence-electron chi connectivity index (χ4n) is 3.09. The largest absolute Gasteiger partial charge is 0.378 e. The fourth-order valence-corrected chi connectivity index (χ4v) is 3.09. The van der Waals surface area contributed by atoms with Crippen molar-refractivity contribution < 1.29 is 4.92 Å². The molecular formula is C17H22N6O2. The predicted octanol–water partition coefficient (Wildman–Crippen LogP) is 3.76. The van der Waals surface area contributed by atoms with Crippen LogP contribution in [0.2, 0.25) is 0 Å². The van der Waals surface area contributed by atoms with E-state index in [1.807, 2.05) is 31.2 Å². The summed E-state index contributed by atoms with van der Waals surface area (Å²) in [4.78, 5) is 19.2. The van der Waals surface area contributed by atoms with Crippen LogP contribution in [0.25, 0.3) is 0 Å². The predicted molar refractivity (Wildman–Crippen MR) is 98.1 cm³/mol. The van der Waals surface area contributed by atoms with Gasteiger partial charge in [-0.25, -0.2) is 0 Å². The molecule has 0 aliphatic heterocycles. The topological polar surface area (TPSA) is 119 Å². The number of hydrogen-bond donors (Lipinski definition) is 3. The van der Waals surface area contributed by atoms with E-state index in [0.29, 0.717) is 11.6 Å². The van der Waals surface area contributed by atoms with Crippen molar-refractivity contribution in [3.63, 3.8) is 0 Å². The molecule has 4 N–H and O–H groups in total. The average Bonchev–Trinajstić information content (AvgIpc) is 2.55. The molecule has 1 saturated carbocycles. The standard InChI is InChI=1S/C17H22N6O2/c1-11-6-5-9-13(10-11)19-16-14(23(24)25)15(18)21-17(22-16)20-12-7-3-2-4-8-12/h5-6,9-10,12H,2-4,7-8H2,1H3,(H4,18,19,20,21,22). The van der Waals surface area contributed by atoms with E-state index in [-0.39, 0.29) is 23.4 Å². The first-order valence-electron chi connectivity index (χ1n) is 8.45. The molecule has 1 aliphatic rings. The number of anilines is 4. The van der Waals surface area contributed by atoms with Crippen LogP contribution in [0.15, 0.2) is 24.3 Å². The first kappa shape index (κ1) is 16.9. The zero-order valence-electron chi connectivity index (χ0n) is 14.2. The highest BCUT2D eigenvalue weighted by Gasteiger charge is 2.24. The van der Waals surface area contributed by atoms with Gasteiger partial charge in [0.15, 0.2) is 0 Å². The van der Waals surface area contributed by atoms with Gasteiger partial charge in [0.2, 0.25) is 17.6 Å². The normalized spacial score (nSPS) is 14.9. The van der Waals surface area contributed by atoms with Gasteiger partial charge in [0.05, 0.1) is 4.92 Å². The molecule has 3 rings (SSSR count). The Balaban J connectivity index is 1.91. The summed E-state index contributed by atoms with van der Waals surface area (Å²) in [5.41, 5.74) is 7.28. The maximum atomic E-state index is 11.4. The lowest BCUT2D eigenvalue weighted by Gasteiger charge is -2.23. The third-order valence-electron chi connectivity index (χ3n) is 4.31. The summed E-state index contributed by atoms with van der Waals surface area (Å²) < 4.78 is 0. The second-order valence-corrected chi connectivity index (χ2v) is 6.36. The van der Waals surface area contributed by atoms with Crippen molar-refractivity contribution in [3.05, 3.63) is 39.9 Å². The van der Waals surface area contributed by atoms with Gasteiger partial charge in [-0.05, 0) is 37.5 Å². The number of rotatable bonds is 5. The number of aryl methyl sites for hydroxylation is 1. The Bertz CT molecular complexity index is 774. The Kier molecular flexibility index (Phi) is 4.97. The van der Waals surface area contributed by atoms with Crippen LogP contribution in [-0.4, -0.2) is 20.9 Å². The van der Waals surface area contributed by atoms with Crippen molar-refractivity contribution in [3.8, 4) is 0 Å². The van der Waals surface area contributed by atoms with Crippen molar-refractivity contribution in [2.75, 3.05) is 16.4 Å². The SMILES string of the molecule is Cc1cccc(Nc2nc(NC3CCCCC3)nc(N)c2[N+](=O)[O-])c1. The van der Waals surface area contributed by atoms with E-state index in [4.69, 9.17) is 5.73 Å². The molecule has 0 amide bonds. The number of nitrogens with two attached hydrogens (primary N) is 1. The molecule has 0 spiro atoms. The van der Waals surface area contributed by atoms with Gasteiger partial charge >= 0.3 is 5.69 Å². The minimum absolute atomic E-state index is 0.0985. The van der Waals surface area contributed by atoms with Crippen LogP contribution in [0, 0.1) is 17.0 Å². The van der Waals surface area contributed by atoms with E-state index >= 15 is 0 Å². The van der Waals surface area contributed by atoms with Crippen molar-refractivity contribution in [1.82, 2.24) is 9.97 Å². The van der Waals surface area contributed by atoms with Gasteiger partial charge in [-0.15, -0.1) is 0 Å². The molecule has 0 bridgehead atoms. The van der Waals surface area contributed by atoms with E-state index in [2.05, 4.69) is 20.6 Å². The van der Waals surface area contributed by atoms with Gasteiger partial charge in [0, 0.05) is 11.7 Å². The first-order chi connectivity index (χ1) is 12.0. The Morgan fingerprint density at radius 1 is 1.24 bits per heavy atom. The van der Waals surface area contributed by atoms with E-state index in [1.165, 1.54) is 6.42 Å². The average molecular weight is 342 g/mol. The zero-order chi connectivity index (χ0) is 17.8. The molecule has 8 heteroatoms. The molecule has 2 aromatic rings. The number of aromatic nitrogens is 2. The smallest absolute Gasteiger partial charge is 0.353 e. The number of benzene rings is 1. The monoisotopic (exact) mass is 342 g/mol. The van der Waals surface area contributed by atoms with E-state index in [0.717, 1.165) is 31.2 Å². The van der Waals surface area contributed by atoms with Crippen molar-refractivity contribution in [2.24, 2.45) is 0 Å². The molecule has 1 aromatic carbocycles. The summed E-state index contributed by atoms with van der Waals surface area (Å²) in [7, 11) is 0. The number of nitrogen functional groups attached to an aromatic ring is 1. The Morgan fingerprint density at radius 3 is 2.68 bits per heavy atom. The molecule has 132 valence electrons. The summed E-state index contributed by atoms with van der Waals surface area (Å²) in [5.74, 6) is 0.278. The second kappa shape index (κ2) is 7.33. The Morgan fingerprint density at radius 2 is 2.00 bits per heavy atom. The van der Waals surface area contributed by atoms with Gasteiger partial charge in [-0.3, -0.25) is 10.1 Å². The number of hydrogen-bond acceptors (Lipinski definition) is 7. The van der Waals surface area contributed by atoms with E-state index < -0.39 is 4.92 Å². The minimum atomic E-state index is -0.558. The Labute approximate surface area is 146 Å². The van der Waals surface area contributed by atoms with Crippen LogP contribution in [0.5, 0.6) is 0 Å². The zero-order valence-corrected chi connectivity index (χ0v) is 14.2. The molecule has 0 unspecified atom stereocenters. The van der Waals surface area contributed by atoms with Crippen LogP contribution in [0.4, 0.5) is 29.0 Å². The molecule has 8 nitrogen and oxygen atoms in total. The number of nitrogens with one attached hydrogen (secondary N) is 2. The maximum Gasteiger partial charge on any atom is 0.353 e. The second-order valence-electron chi connectivity index (χ2n) is 6.36. The van der Waals surface area contributed by atoms with Crippen LogP contribution in [0.3, 0.4) is 0 Å². The quantitative estimate of drug-likeness (QED) is 0.559. The molecule has 25 heavy (non-hydrogen) atoms. The molecule has 1 fully saturated rings. The van der Waals surface area contributed by atoms with Gasteiger partial charge < -0.3 is 16.4 Å². The Hall–Kier alpha value is -2.90. The summed E-state index contributed by atoms with van der Waals surface area (Å²) in [6.45, 7) is 1.95. The van der Waals surface area contributed by atoms with Crippen molar-refractivity contribution >= 4 is 29.0 Å².